The summed E-state index contributed by atoms with van der Waals surface area (Å²) in [5.74, 6) is 2.32. The van der Waals surface area contributed by atoms with Crippen molar-refractivity contribution in [2.24, 2.45) is 0 Å². The second-order valence-electron chi connectivity index (χ2n) is 8.56. The van der Waals surface area contributed by atoms with Crippen LogP contribution >= 0.6 is 11.8 Å². The van der Waals surface area contributed by atoms with E-state index in [-0.39, 0.29) is 18.1 Å². The van der Waals surface area contributed by atoms with Gasteiger partial charge in [0.15, 0.2) is 11.5 Å². The fourth-order valence-electron chi connectivity index (χ4n) is 4.21. The van der Waals surface area contributed by atoms with E-state index in [9.17, 15) is 9.59 Å². The van der Waals surface area contributed by atoms with Crippen LogP contribution in [0.2, 0.25) is 0 Å². The standard InChI is InChI=1S/C26H28N4O3S/c1-5-34-19-8-6-17(7-9-19)13-22(31)30-21-12-16(2)23-20(29-21)10-11-26(3,24(23)32)25-27-14-18(33-4)15-28-25/h6-9,12,14-15H,5,10-11,13H2,1-4H3,(H,29,30,31). The Bertz CT molecular complexity index is 1210. The van der Waals surface area contributed by atoms with Crippen LogP contribution in [-0.2, 0) is 23.1 Å². The molecule has 7 nitrogen and oxygen atoms in total. The maximum absolute atomic E-state index is 13.5. The average molecular weight is 477 g/mol. The molecule has 1 aliphatic carbocycles. The summed E-state index contributed by atoms with van der Waals surface area (Å²) in [5.41, 5.74) is 2.18. The highest BCUT2D eigenvalue weighted by Crippen LogP contribution is 2.38. The van der Waals surface area contributed by atoms with Crippen LogP contribution < -0.4 is 10.1 Å². The highest BCUT2D eigenvalue weighted by Gasteiger charge is 2.43. The third-order valence-corrected chi connectivity index (χ3v) is 7.00. The number of pyridine rings is 1. The number of methoxy groups -OCH3 is 1. The van der Waals surface area contributed by atoms with Gasteiger partial charge in [0.25, 0.3) is 0 Å². The fourth-order valence-corrected chi connectivity index (χ4v) is 4.88. The predicted octanol–water partition coefficient (Wildman–Crippen LogP) is 4.57. The number of aromatic nitrogens is 3. The van der Waals surface area contributed by atoms with Crippen molar-refractivity contribution in [1.29, 1.82) is 0 Å². The van der Waals surface area contributed by atoms with Gasteiger partial charge in [-0.15, -0.1) is 11.8 Å². The van der Waals surface area contributed by atoms with Gasteiger partial charge in [0.05, 0.1) is 37.0 Å². The van der Waals surface area contributed by atoms with E-state index in [1.165, 1.54) is 4.90 Å². The Morgan fingerprint density at radius 2 is 1.91 bits per heavy atom. The molecule has 1 amide bonds. The molecule has 0 fully saturated rings. The summed E-state index contributed by atoms with van der Waals surface area (Å²) < 4.78 is 5.13. The SMILES string of the molecule is CCSc1ccc(CC(=O)Nc2cc(C)c3c(n2)CCC(C)(c2ncc(OC)cn2)C3=O)cc1. The number of hydrogen-bond donors (Lipinski definition) is 1. The molecule has 2 heterocycles. The molecule has 0 saturated carbocycles. The molecule has 0 radical (unpaired) electrons. The van der Waals surface area contributed by atoms with Crippen LogP contribution in [0.3, 0.4) is 0 Å². The topological polar surface area (TPSA) is 94.1 Å². The maximum Gasteiger partial charge on any atom is 0.229 e. The van der Waals surface area contributed by atoms with E-state index in [0.29, 0.717) is 41.5 Å². The average Bonchev–Trinajstić information content (AvgIpc) is 2.83. The molecule has 0 saturated heterocycles. The number of thioether (sulfide) groups is 1. The summed E-state index contributed by atoms with van der Waals surface area (Å²) in [6, 6.07) is 9.78. The van der Waals surface area contributed by atoms with Crippen LogP contribution in [-0.4, -0.2) is 39.5 Å². The number of rotatable bonds is 7. The minimum Gasteiger partial charge on any atom is -0.494 e. The second-order valence-corrected chi connectivity index (χ2v) is 9.89. The quantitative estimate of drug-likeness (QED) is 0.499. The van der Waals surface area contributed by atoms with E-state index in [1.807, 2.05) is 38.1 Å². The van der Waals surface area contributed by atoms with Gasteiger partial charge in [0.2, 0.25) is 5.91 Å². The number of nitrogens with zero attached hydrogens (tertiary/aromatic N) is 3. The molecule has 0 aliphatic heterocycles. The first-order valence-electron chi connectivity index (χ1n) is 11.3. The maximum atomic E-state index is 13.5. The van der Waals surface area contributed by atoms with Gasteiger partial charge in [-0.25, -0.2) is 15.0 Å². The van der Waals surface area contributed by atoms with Crippen molar-refractivity contribution >= 4 is 29.3 Å². The largest absolute Gasteiger partial charge is 0.494 e. The first kappa shape index (κ1) is 23.9. The third kappa shape index (κ3) is 4.82. The van der Waals surface area contributed by atoms with E-state index in [0.717, 1.165) is 16.9 Å². The Hall–Kier alpha value is -3.26. The number of benzene rings is 1. The lowest BCUT2D eigenvalue weighted by Gasteiger charge is -2.32. The normalized spacial score (nSPS) is 17.2. The Labute approximate surface area is 203 Å². The summed E-state index contributed by atoms with van der Waals surface area (Å²) >= 11 is 1.77. The summed E-state index contributed by atoms with van der Waals surface area (Å²) in [6.07, 6.45) is 4.55. The Morgan fingerprint density at radius 3 is 2.56 bits per heavy atom. The molecule has 34 heavy (non-hydrogen) atoms. The number of carbonyl (C=O) groups is 2. The molecule has 1 aliphatic rings. The Morgan fingerprint density at radius 1 is 1.21 bits per heavy atom. The lowest BCUT2D eigenvalue weighted by molar-refractivity contribution is -0.115. The number of anilines is 1. The number of fused-ring (bicyclic) bond motifs is 1. The minimum atomic E-state index is -0.835. The van der Waals surface area contributed by atoms with Crippen LogP contribution in [0.15, 0.2) is 47.6 Å². The van der Waals surface area contributed by atoms with Crippen molar-refractivity contribution in [3.8, 4) is 5.75 Å². The van der Waals surface area contributed by atoms with E-state index in [4.69, 9.17) is 4.74 Å². The number of ketones is 1. The van der Waals surface area contributed by atoms with E-state index in [2.05, 4.69) is 27.2 Å². The van der Waals surface area contributed by atoms with Crippen molar-refractivity contribution in [2.45, 2.75) is 50.3 Å². The van der Waals surface area contributed by atoms with Gasteiger partial charge in [0, 0.05) is 10.5 Å². The van der Waals surface area contributed by atoms with Gasteiger partial charge in [-0.2, -0.15) is 0 Å². The molecule has 2 aromatic heterocycles. The lowest BCUT2D eigenvalue weighted by atomic mass is 9.71. The van der Waals surface area contributed by atoms with Gasteiger partial charge in [-0.05, 0) is 61.8 Å². The molecule has 0 bridgehead atoms. The van der Waals surface area contributed by atoms with Crippen LogP contribution in [0.25, 0.3) is 0 Å². The van der Waals surface area contributed by atoms with Crippen LogP contribution in [0, 0.1) is 6.92 Å². The van der Waals surface area contributed by atoms with Crippen LogP contribution in [0.5, 0.6) is 5.75 Å². The number of carbonyl (C=O) groups excluding carboxylic acids is 2. The van der Waals surface area contributed by atoms with E-state index >= 15 is 0 Å². The number of nitrogens with one attached hydrogen (secondary N) is 1. The van der Waals surface area contributed by atoms with Crippen molar-refractivity contribution in [1.82, 2.24) is 15.0 Å². The summed E-state index contributed by atoms with van der Waals surface area (Å²) in [5, 5.41) is 2.90. The van der Waals surface area contributed by atoms with Gasteiger partial charge in [0.1, 0.15) is 11.6 Å². The molecule has 3 aromatic rings. The van der Waals surface area contributed by atoms with Gasteiger partial charge >= 0.3 is 0 Å². The van der Waals surface area contributed by atoms with Crippen molar-refractivity contribution in [3.63, 3.8) is 0 Å². The molecule has 0 spiro atoms. The minimum absolute atomic E-state index is 0.0492. The molecule has 1 N–H and O–H groups in total. The highest BCUT2D eigenvalue weighted by molar-refractivity contribution is 7.99. The van der Waals surface area contributed by atoms with Crippen molar-refractivity contribution in [2.75, 3.05) is 18.2 Å². The van der Waals surface area contributed by atoms with Crippen LogP contribution in [0.1, 0.15) is 53.3 Å². The summed E-state index contributed by atoms with van der Waals surface area (Å²) in [4.78, 5) is 40.7. The number of hydrogen-bond acceptors (Lipinski definition) is 7. The zero-order chi connectivity index (χ0) is 24.3. The Kier molecular flexibility index (Phi) is 6.97. The van der Waals surface area contributed by atoms with E-state index in [1.54, 1.807) is 37.3 Å². The lowest BCUT2D eigenvalue weighted by Crippen LogP contribution is -2.40. The predicted molar refractivity (Wildman–Crippen MR) is 133 cm³/mol. The van der Waals surface area contributed by atoms with Crippen molar-refractivity contribution in [3.05, 3.63) is 70.9 Å². The van der Waals surface area contributed by atoms with E-state index < -0.39 is 5.41 Å². The smallest absolute Gasteiger partial charge is 0.229 e. The highest BCUT2D eigenvalue weighted by atomic mass is 32.2. The summed E-state index contributed by atoms with van der Waals surface area (Å²) in [6.45, 7) is 5.86. The zero-order valence-electron chi connectivity index (χ0n) is 19.8. The monoisotopic (exact) mass is 476 g/mol. The zero-order valence-corrected chi connectivity index (χ0v) is 20.7. The van der Waals surface area contributed by atoms with Crippen LogP contribution in [0.4, 0.5) is 5.82 Å². The molecule has 1 aromatic carbocycles. The van der Waals surface area contributed by atoms with Gasteiger partial charge in [-0.3, -0.25) is 9.59 Å². The second kappa shape index (κ2) is 9.93. The molecule has 4 rings (SSSR count). The first-order valence-corrected chi connectivity index (χ1v) is 12.3. The number of Topliss-reactive ketones (excluding diaryl/α,β-unsaturated/α-hetero) is 1. The number of aryl methyl sites for hydroxylation is 2. The van der Waals surface area contributed by atoms with Crippen molar-refractivity contribution < 1.29 is 14.3 Å². The molecular weight excluding hydrogens is 448 g/mol. The Balaban J connectivity index is 1.50. The fraction of sp³-hybridized carbons (Fsp3) is 0.346. The number of amides is 1. The first-order chi connectivity index (χ1) is 16.3. The molecule has 176 valence electrons. The molecular formula is C26H28N4O3S. The molecule has 1 atom stereocenters. The molecule has 1 unspecified atom stereocenters. The summed E-state index contributed by atoms with van der Waals surface area (Å²) in [7, 11) is 1.55. The number of ether oxygens (including phenoxy) is 1. The third-order valence-electron chi connectivity index (χ3n) is 6.11. The van der Waals surface area contributed by atoms with Gasteiger partial charge in [-0.1, -0.05) is 19.1 Å². The van der Waals surface area contributed by atoms with Gasteiger partial charge < -0.3 is 10.1 Å². The molecule has 8 heteroatoms.